The molecule has 0 spiro atoms. The van der Waals surface area contributed by atoms with Gasteiger partial charge in [0, 0.05) is 30.8 Å². The summed E-state index contributed by atoms with van der Waals surface area (Å²) in [6, 6.07) is 3.82. The van der Waals surface area contributed by atoms with E-state index < -0.39 is 35.7 Å². The quantitative estimate of drug-likeness (QED) is 0.473. The number of aliphatic hydroxyl groups excluding tert-OH is 1. The Hall–Kier alpha value is -3.54. The van der Waals surface area contributed by atoms with Gasteiger partial charge < -0.3 is 10.8 Å². The van der Waals surface area contributed by atoms with Crippen LogP contribution in [0, 0.1) is 10.1 Å². The van der Waals surface area contributed by atoms with Crippen LogP contribution >= 0.6 is 0 Å². The number of nitrogens with two attached hydrogens (primary N) is 1. The first-order valence-electron chi connectivity index (χ1n) is 8.30. The molecule has 3 aromatic rings. The largest absolute Gasteiger partial charge is 0.396 e. The van der Waals surface area contributed by atoms with Crippen molar-refractivity contribution in [2.45, 2.75) is 18.5 Å². The molecule has 0 aliphatic heterocycles. The number of anilines is 1. The van der Waals surface area contributed by atoms with Gasteiger partial charge in [-0.2, -0.15) is 18.3 Å². The Balaban J connectivity index is 2.01. The van der Waals surface area contributed by atoms with Crippen LogP contribution in [0.1, 0.15) is 17.9 Å². The first-order valence-corrected chi connectivity index (χ1v) is 8.30. The molecule has 0 bridgehead atoms. The third-order valence-electron chi connectivity index (χ3n) is 4.25. The Kier molecular flexibility index (Phi) is 5.46. The van der Waals surface area contributed by atoms with Crippen LogP contribution in [0.5, 0.6) is 0 Å². The predicted molar refractivity (Wildman–Crippen MR) is 96.2 cm³/mol. The van der Waals surface area contributed by atoms with Crippen LogP contribution in [-0.4, -0.2) is 42.6 Å². The SMILES string of the molecule is Nc1nccc(-c2cnn(-c3cc(C(CCO)C(F)(F)F)ccn3)c2)c1[N+](=O)[O-]. The second kappa shape index (κ2) is 7.83. The molecule has 3 N–H and O–H groups in total. The molecule has 3 heterocycles. The first-order chi connectivity index (χ1) is 13.7. The van der Waals surface area contributed by atoms with Crippen LogP contribution in [-0.2, 0) is 0 Å². The molecule has 3 rings (SSSR count). The number of nitrogens with zero attached hydrogens (tertiary/aromatic N) is 5. The van der Waals surface area contributed by atoms with E-state index in [0.717, 1.165) is 0 Å². The summed E-state index contributed by atoms with van der Waals surface area (Å²) in [5, 5.41) is 24.3. The van der Waals surface area contributed by atoms with E-state index in [-0.39, 0.29) is 22.8 Å². The third kappa shape index (κ3) is 4.16. The summed E-state index contributed by atoms with van der Waals surface area (Å²) in [5.74, 6) is -2.03. The highest BCUT2D eigenvalue weighted by molar-refractivity contribution is 5.78. The van der Waals surface area contributed by atoms with Gasteiger partial charge in [-0.05, 0) is 30.2 Å². The number of halogens is 3. The number of nitro groups is 1. The Bertz CT molecular complexity index is 1040. The van der Waals surface area contributed by atoms with Crippen molar-refractivity contribution >= 4 is 11.5 Å². The van der Waals surface area contributed by atoms with E-state index in [1.54, 1.807) is 0 Å². The average Bonchev–Trinajstić information content (AvgIpc) is 3.15. The summed E-state index contributed by atoms with van der Waals surface area (Å²) >= 11 is 0. The molecule has 3 aromatic heterocycles. The summed E-state index contributed by atoms with van der Waals surface area (Å²) in [6.45, 7) is -0.624. The molecule has 0 saturated heterocycles. The van der Waals surface area contributed by atoms with Gasteiger partial charge in [-0.15, -0.1) is 0 Å². The minimum atomic E-state index is -4.54. The number of alkyl halides is 3. The molecule has 0 saturated carbocycles. The molecule has 1 atom stereocenters. The summed E-state index contributed by atoms with van der Waals surface area (Å²) in [6.07, 6.45) is 0.185. The van der Waals surface area contributed by atoms with Crippen molar-refractivity contribution in [2.24, 2.45) is 0 Å². The predicted octanol–water partition coefficient (Wildman–Crippen LogP) is 2.85. The Labute approximate surface area is 161 Å². The standard InChI is InChI=1S/C17H15F3N6O3/c18-17(19,20)13(3-6-27)10-1-4-22-14(7-10)25-9-11(8-24-25)12-2-5-23-16(21)15(12)26(28)29/h1-2,4-5,7-9,13,27H,3,6H2,(H2,21,23). The van der Waals surface area contributed by atoms with Gasteiger partial charge in [-0.3, -0.25) is 10.1 Å². The van der Waals surface area contributed by atoms with Crippen LogP contribution in [0.15, 0.2) is 43.0 Å². The number of aromatic nitrogens is 4. The van der Waals surface area contributed by atoms with Crippen molar-refractivity contribution in [1.29, 1.82) is 0 Å². The van der Waals surface area contributed by atoms with Gasteiger partial charge >= 0.3 is 11.9 Å². The number of aliphatic hydroxyl groups is 1. The van der Waals surface area contributed by atoms with E-state index in [2.05, 4.69) is 15.1 Å². The van der Waals surface area contributed by atoms with Crippen molar-refractivity contribution < 1.29 is 23.2 Å². The van der Waals surface area contributed by atoms with E-state index in [9.17, 15) is 23.3 Å². The molecular formula is C17H15F3N6O3. The molecule has 12 heteroatoms. The molecule has 0 amide bonds. The maximum atomic E-state index is 13.3. The summed E-state index contributed by atoms with van der Waals surface area (Å²) in [4.78, 5) is 18.3. The minimum Gasteiger partial charge on any atom is -0.396 e. The zero-order valence-electron chi connectivity index (χ0n) is 14.7. The average molecular weight is 408 g/mol. The van der Waals surface area contributed by atoms with E-state index >= 15 is 0 Å². The summed E-state index contributed by atoms with van der Waals surface area (Å²) in [5.41, 5.74) is 5.60. The fourth-order valence-corrected chi connectivity index (χ4v) is 2.91. The molecule has 29 heavy (non-hydrogen) atoms. The second-order valence-electron chi connectivity index (χ2n) is 6.08. The molecule has 152 valence electrons. The van der Waals surface area contributed by atoms with Gasteiger partial charge in [0.2, 0.25) is 5.82 Å². The van der Waals surface area contributed by atoms with Gasteiger partial charge in [0.05, 0.1) is 22.6 Å². The third-order valence-corrected chi connectivity index (χ3v) is 4.25. The highest BCUT2D eigenvalue weighted by atomic mass is 19.4. The summed E-state index contributed by atoms with van der Waals surface area (Å²) in [7, 11) is 0. The number of pyridine rings is 2. The van der Waals surface area contributed by atoms with Crippen molar-refractivity contribution in [3.63, 3.8) is 0 Å². The fraction of sp³-hybridized carbons (Fsp3) is 0.235. The lowest BCUT2D eigenvalue weighted by atomic mass is 9.96. The second-order valence-corrected chi connectivity index (χ2v) is 6.08. The van der Waals surface area contributed by atoms with E-state index in [1.807, 2.05) is 0 Å². The zero-order valence-corrected chi connectivity index (χ0v) is 14.7. The van der Waals surface area contributed by atoms with Crippen molar-refractivity contribution in [3.8, 4) is 16.9 Å². The number of rotatable bonds is 6. The normalized spacial score (nSPS) is 12.7. The lowest BCUT2D eigenvalue weighted by Gasteiger charge is -2.20. The molecule has 9 nitrogen and oxygen atoms in total. The van der Waals surface area contributed by atoms with Crippen LogP contribution in [0.25, 0.3) is 16.9 Å². The van der Waals surface area contributed by atoms with Crippen LogP contribution in [0.2, 0.25) is 0 Å². The number of hydrogen-bond acceptors (Lipinski definition) is 7. The van der Waals surface area contributed by atoms with Crippen LogP contribution in [0.4, 0.5) is 24.7 Å². The van der Waals surface area contributed by atoms with E-state index in [0.29, 0.717) is 5.56 Å². The highest BCUT2D eigenvalue weighted by Crippen LogP contribution is 2.38. The molecule has 0 aromatic carbocycles. The van der Waals surface area contributed by atoms with E-state index in [1.165, 1.54) is 47.7 Å². The fourth-order valence-electron chi connectivity index (χ4n) is 2.91. The Morgan fingerprint density at radius 3 is 2.66 bits per heavy atom. The van der Waals surface area contributed by atoms with Gasteiger partial charge in [0.15, 0.2) is 5.82 Å². The van der Waals surface area contributed by atoms with Gasteiger partial charge in [-0.25, -0.2) is 14.6 Å². The van der Waals surface area contributed by atoms with Crippen molar-refractivity contribution in [1.82, 2.24) is 19.7 Å². The monoisotopic (exact) mass is 408 g/mol. The highest BCUT2D eigenvalue weighted by Gasteiger charge is 2.40. The summed E-state index contributed by atoms with van der Waals surface area (Å²) < 4.78 is 41.0. The van der Waals surface area contributed by atoms with E-state index in [4.69, 9.17) is 10.8 Å². The van der Waals surface area contributed by atoms with Crippen molar-refractivity contribution in [3.05, 3.63) is 58.7 Å². The van der Waals surface area contributed by atoms with Gasteiger partial charge in [-0.1, -0.05) is 0 Å². The Morgan fingerprint density at radius 1 is 1.28 bits per heavy atom. The first kappa shape index (κ1) is 20.2. The maximum Gasteiger partial charge on any atom is 0.395 e. The van der Waals surface area contributed by atoms with Gasteiger partial charge in [0.25, 0.3) is 0 Å². The molecular weight excluding hydrogens is 393 g/mol. The topological polar surface area (TPSA) is 133 Å². The molecule has 1 unspecified atom stereocenters. The number of nitrogen functional groups attached to an aromatic ring is 1. The molecule has 0 radical (unpaired) electrons. The molecule has 0 aliphatic carbocycles. The lowest BCUT2D eigenvalue weighted by Crippen LogP contribution is -2.22. The molecule has 0 aliphatic rings. The Morgan fingerprint density at radius 2 is 2.00 bits per heavy atom. The smallest absolute Gasteiger partial charge is 0.395 e. The molecule has 0 fully saturated rings. The number of hydrogen-bond donors (Lipinski definition) is 2. The van der Waals surface area contributed by atoms with Crippen molar-refractivity contribution in [2.75, 3.05) is 12.3 Å². The lowest BCUT2D eigenvalue weighted by molar-refractivity contribution is -0.383. The maximum absolute atomic E-state index is 13.3. The van der Waals surface area contributed by atoms with Crippen LogP contribution in [0.3, 0.4) is 0 Å². The van der Waals surface area contributed by atoms with Crippen LogP contribution < -0.4 is 5.73 Å². The minimum absolute atomic E-state index is 0.0762. The van der Waals surface area contributed by atoms with Gasteiger partial charge in [0.1, 0.15) is 0 Å². The zero-order chi connectivity index (χ0) is 21.2.